The zero-order valence-electron chi connectivity index (χ0n) is 15.0. The molecule has 28 heavy (non-hydrogen) atoms. The van der Waals surface area contributed by atoms with Crippen LogP contribution in [0.15, 0.2) is 53.7 Å². The lowest BCUT2D eigenvalue weighted by atomic mass is 10.1. The molecule has 0 radical (unpaired) electrons. The van der Waals surface area contributed by atoms with Crippen LogP contribution in [-0.4, -0.2) is 49.0 Å². The number of hydrogen-bond acceptors (Lipinski definition) is 6. The zero-order chi connectivity index (χ0) is 19.7. The number of benzene rings is 2. The van der Waals surface area contributed by atoms with E-state index < -0.39 is 5.97 Å². The minimum absolute atomic E-state index is 0.00164. The van der Waals surface area contributed by atoms with E-state index in [0.29, 0.717) is 10.8 Å². The van der Waals surface area contributed by atoms with Gasteiger partial charge in [0.15, 0.2) is 0 Å². The molecule has 2 heterocycles. The number of carboxylic acids is 1. The van der Waals surface area contributed by atoms with Gasteiger partial charge in [-0.05, 0) is 59.7 Å². The van der Waals surface area contributed by atoms with Crippen molar-refractivity contribution >= 4 is 29.3 Å². The molecule has 0 unspecified atom stereocenters. The largest absolute Gasteiger partial charge is 0.478 e. The van der Waals surface area contributed by atoms with Gasteiger partial charge in [-0.2, -0.15) is 4.68 Å². The smallest absolute Gasteiger partial charge is 0.335 e. The van der Waals surface area contributed by atoms with Crippen molar-refractivity contribution < 1.29 is 14.7 Å². The van der Waals surface area contributed by atoms with Gasteiger partial charge in [0.25, 0.3) is 0 Å². The molecule has 1 aromatic heterocycles. The van der Waals surface area contributed by atoms with Crippen molar-refractivity contribution in [3.8, 4) is 5.69 Å². The number of hydrogen-bond donors (Lipinski definition) is 1. The molecule has 0 saturated heterocycles. The minimum atomic E-state index is -0.997. The van der Waals surface area contributed by atoms with E-state index in [-0.39, 0.29) is 23.3 Å². The lowest BCUT2D eigenvalue weighted by Crippen LogP contribution is -2.37. The Labute approximate surface area is 165 Å². The number of nitrogens with zero attached hydrogens (tertiary/aromatic N) is 5. The minimum Gasteiger partial charge on any atom is -0.478 e. The Hall–Kier alpha value is -3.20. The summed E-state index contributed by atoms with van der Waals surface area (Å²) in [6.45, 7) is 2.04. The second kappa shape index (κ2) is 7.43. The van der Waals surface area contributed by atoms with Crippen LogP contribution in [0.5, 0.6) is 0 Å². The number of tetrazole rings is 1. The highest BCUT2D eigenvalue weighted by Crippen LogP contribution is 2.32. The third-order valence-electron chi connectivity index (χ3n) is 4.60. The quantitative estimate of drug-likeness (QED) is 0.662. The van der Waals surface area contributed by atoms with Crippen LogP contribution in [0.2, 0.25) is 0 Å². The van der Waals surface area contributed by atoms with Crippen LogP contribution < -0.4 is 4.90 Å². The summed E-state index contributed by atoms with van der Waals surface area (Å²) in [7, 11) is 0. The van der Waals surface area contributed by atoms with Gasteiger partial charge in [0, 0.05) is 11.7 Å². The third kappa shape index (κ3) is 3.36. The molecule has 0 bridgehead atoms. The molecule has 0 spiro atoms. The average Bonchev–Trinajstić information content (AvgIpc) is 3.29. The Morgan fingerprint density at radius 3 is 2.68 bits per heavy atom. The van der Waals surface area contributed by atoms with Crippen LogP contribution in [-0.2, 0) is 11.2 Å². The first-order valence-electron chi connectivity index (χ1n) is 8.69. The van der Waals surface area contributed by atoms with Crippen molar-refractivity contribution in [1.29, 1.82) is 0 Å². The number of rotatable bonds is 5. The van der Waals surface area contributed by atoms with Gasteiger partial charge < -0.3 is 10.0 Å². The molecule has 1 aliphatic heterocycles. The predicted molar refractivity (Wildman–Crippen MR) is 104 cm³/mol. The highest BCUT2D eigenvalue weighted by molar-refractivity contribution is 7.99. The number of aromatic carboxylic acids is 1. The summed E-state index contributed by atoms with van der Waals surface area (Å²) in [5, 5.41) is 21.1. The number of anilines is 1. The van der Waals surface area contributed by atoms with Crippen molar-refractivity contribution in [2.45, 2.75) is 24.5 Å². The van der Waals surface area contributed by atoms with Crippen molar-refractivity contribution in [3.63, 3.8) is 0 Å². The number of carbonyl (C=O) groups is 2. The summed E-state index contributed by atoms with van der Waals surface area (Å²) in [4.78, 5) is 25.7. The van der Waals surface area contributed by atoms with E-state index >= 15 is 0 Å². The highest BCUT2D eigenvalue weighted by Gasteiger charge is 2.30. The molecule has 1 aliphatic rings. The average molecular weight is 395 g/mol. The van der Waals surface area contributed by atoms with Gasteiger partial charge in [-0.15, -0.1) is 5.10 Å². The molecule has 1 N–H and O–H groups in total. The van der Waals surface area contributed by atoms with E-state index in [1.807, 2.05) is 36.1 Å². The zero-order valence-corrected chi connectivity index (χ0v) is 15.8. The van der Waals surface area contributed by atoms with Crippen LogP contribution in [0.3, 0.4) is 0 Å². The second-order valence-electron chi connectivity index (χ2n) is 6.46. The van der Waals surface area contributed by atoms with Gasteiger partial charge in [0.1, 0.15) is 0 Å². The summed E-state index contributed by atoms with van der Waals surface area (Å²) in [6, 6.07) is 14.3. The van der Waals surface area contributed by atoms with Crippen LogP contribution >= 0.6 is 11.8 Å². The molecule has 0 aliphatic carbocycles. The maximum absolute atomic E-state index is 12.8. The fraction of sp³-hybridized carbons (Fsp3) is 0.211. The number of aromatic nitrogens is 4. The fourth-order valence-corrected chi connectivity index (χ4v) is 4.07. The van der Waals surface area contributed by atoms with Gasteiger partial charge >= 0.3 is 5.97 Å². The van der Waals surface area contributed by atoms with E-state index in [0.717, 1.165) is 12.1 Å². The second-order valence-corrected chi connectivity index (χ2v) is 7.40. The fourth-order valence-electron chi connectivity index (χ4n) is 3.32. The van der Waals surface area contributed by atoms with E-state index in [1.54, 1.807) is 12.1 Å². The van der Waals surface area contributed by atoms with Gasteiger partial charge in [-0.3, -0.25) is 4.79 Å². The summed E-state index contributed by atoms with van der Waals surface area (Å²) < 4.78 is 1.49. The molecule has 2 aromatic carbocycles. The van der Waals surface area contributed by atoms with Gasteiger partial charge in [0.05, 0.1) is 17.0 Å². The van der Waals surface area contributed by atoms with E-state index in [2.05, 4.69) is 15.5 Å². The maximum Gasteiger partial charge on any atom is 0.335 e. The molecule has 9 heteroatoms. The summed E-state index contributed by atoms with van der Waals surface area (Å²) in [6.07, 6.45) is 0.847. The molecule has 0 saturated carbocycles. The Morgan fingerprint density at radius 1 is 1.18 bits per heavy atom. The third-order valence-corrected chi connectivity index (χ3v) is 5.50. The first-order valence-corrected chi connectivity index (χ1v) is 9.68. The number of thioether (sulfide) groups is 1. The Morgan fingerprint density at radius 2 is 1.93 bits per heavy atom. The highest BCUT2D eigenvalue weighted by atomic mass is 32.2. The lowest BCUT2D eigenvalue weighted by Gasteiger charge is -2.22. The van der Waals surface area contributed by atoms with Gasteiger partial charge in [-0.25, -0.2) is 4.79 Å². The Bertz CT molecular complexity index is 1030. The van der Waals surface area contributed by atoms with Crippen molar-refractivity contribution in [3.05, 3.63) is 59.7 Å². The number of carboxylic acid groups (broad SMARTS) is 1. The molecule has 8 nitrogen and oxygen atoms in total. The molecule has 3 aromatic rings. The van der Waals surface area contributed by atoms with E-state index in [9.17, 15) is 9.59 Å². The molecular weight excluding hydrogens is 378 g/mol. The maximum atomic E-state index is 12.8. The standard InChI is InChI=1S/C19H17N5O3S/c1-12-10-14-4-2-3-5-16(14)23(12)17(25)11-28-19-20-21-22-24(19)15-8-6-13(7-9-15)18(26)27/h2-9,12H,10-11H2,1H3,(H,26,27)/t12-/m0/s1. The topological polar surface area (TPSA) is 101 Å². The van der Waals surface area contributed by atoms with Crippen LogP contribution in [0.25, 0.3) is 5.69 Å². The van der Waals surface area contributed by atoms with Crippen molar-refractivity contribution in [2.75, 3.05) is 10.7 Å². The van der Waals surface area contributed by atoms with Crippen LogP contribution in [0.1, 0.15) is 22.8 Å². The summed E-state index contributed by atoms with van der Waals surface area (Å²) in [5.41, 5.74) is 2.95. The normalized spacial score (nSPS) is 15.5. The van der Waals surface area contributed by atoms with Crippen molar-refractivity contribution in [2.24, 2.45) is 0 Å². The predicted octanol–water partition coefficient (Wildman–Crippen LogP) is 2.43. The SMILES string of the molecule is C[C@H]1Cc2ccccc2N1C(=O)CSc1nnnn1-c1ccc(C(=O)O)cc1. The molecular formula is C19H17N5O3S. The number of amides is 1. The van der Waals surface area contributed by atoms with Crippen LogP contribution in [0, 0.1) is 0 Å². The summed E-state index contributed by atoms with van der Waals surface area (Å²) in [5.74, 6) is -0.798. The number of carbonyl (C=O) groups excluding carboxylic acids is 1. The molecule has 4 rings (SSSR count). The molecule has 0 fully saturated rings. The van der Waals surface area contributed by atoms with Gasteiger partial charge in [0.2, 0.25) is 11.1 Å². The number of para-hydroxylation sites is 1. The molecule has 1 amide bonds. The van der Waals surface area contributed by atoms with Crippen molar-refractivity contribution in [1.82, 2.24) is 20.2 Å². The Kier molecular flexibility index (Phi) is 4.82. The monoisotopic (exact) mass is 395 g/mol. The van der Waals surface area contributed by atoms with E-state index in [4.69, 9.17) is 5.11 Å². The Balaban J connectivity index is 1.49. The molecule has 142 valence electrons. The number of fused-ring (bicyclic) bond motifs is 1. The van der Waals surface area contributed by atoms with Crippen LogP contribution in [0.4, 0.5) is 5.69 Å². The first kappa shape index (κ1) is 18.2. The summed E-state index contributed by atoms with van der Waals surface area (Å²) >= 11 is 1.25. The lowest BCUT2D eigenvalue weighted by molar-refractivity contribution is -0.116. The molecule has 1 atom stereocenters. The van der Waals surface area contributed by atoms with E-state index in [1.165, 1.54) is 34.1 Å². The van der Waals surface area contributed by atoms with Gasteiger partial charge in [-0.1, -0.05) is 30.0 Å². The first-order chi connectivity index (χ1) is 13.5.